The molecule has 2 atom stereocenters. The van der Waals surface area contributed by atoms with Crippen molar-refractivity contribution in [2.24, 2.45) is 5.92 Å². The van der Waals surface area contributed by atoms with Gasteiger partial charge in [-0.2, -0.15) is 0 Å². The fourth-order valence-corrected chi connectivity index (χ4v) is 4.33. The zero-order valence-corrected chi connectivity index (χ0v) is 18.5. The maximum atomic E-state index is 12.8. The monoisotopic (exact) mass is 455 g/mol. The number of nitrogens with one attached hydrogen (secondary N) is 2. The van der Waals surface area contributed by atoms with Crippen LogP contribution in [0.2, 0.25) is 5.02 Å². The van der Waals surface area contributed by atoms with E-state index in [1.54, 1.807) is 18.5 Å². The van der Waals surface area contributed by atoms with Crippen LogP contribution in [0, 0.1) is 5.92 Å². The number of anilines is 1. The lowest BCUT2D eigenvalue weighted by molar-refractivity contribution is -0.117. The smallest absolute Gasteiger partial charge is 0.251 e. The zero-order valence-electron chi connectivity index (χ0n) is 17.8. The van der Waals surface area contributed by atoms with Crippen molar-refractivity contribution >= 4 is 39.9 Å². The number of aromatic nitrogens is 1. The standard InChI is InChI=1S/C27H22ClN3O2/c28-25-8-2-5-18-9-10-21(13-23(18)25)31-27(33)24-14-22(24)19-6-1-7-20(12-19)26(32)30-16-17-4-3-11-29-15-17/h1-13,15,22,24H,14,16H2,(H,30,32)(H,31,33)/t22-,24+/m0/s1. The Hall–Kier alpha value is -3.70. The molecule has 1 heterocycles. The van der Waals surface area contributed by atoms with Gasteiger partial charge in [-0.1, -0.05) is 48.0 Å². The third-order valence-corrected chi connectivity index (χ3v) is 6.31. The van der Waals surface area contributed by atoms with Crippen molar-refractivity contribution in [2.45, 2.75) is 18.9 Å². The Morgan fingerprint density at radius 1 is 1.00 bits per heavy atom. The minimum atomic E-state index is -0.143. The Morgan fingerprint density at radius 3 is 2.73 bits per heavy atom. The molecule has 1 aliphatic rings. The van der Waals surface area contributed by atoms with E-state index in [-0.39, 0.29) is 23.7 Å². The van der Waals surface area contributed by atoms with E-state index in [2.05, 4.69) is 15.6 Å². The second-order valence-corrected chi connectivity index (χ2v) is 8.69. The van der Waals surface area contributed by atoms with Crippen LogP contribution in [0.3, 0.4) is 0 Å². The molecule has 3 aromatic carbocycles. The topological polar surface area (TPSA) is 71.1 Å². The van der Waals surface area contributed by atoms with Gasteiger partial charge in [0.1, 0.15) is 0 Å². The maximum absolute atomic E-state index is 12.8. The molecule has 5 nitrogen and oxygen atoms in total. The summed E-state index contributed by atoms with van der Waals surface area (Å²) >= 11 is 6.29. The normalized spacial score (nSPS) is 16.9. The average Bonchev–Trinajstić information content (AvgIpc) is 3.65. The molecule has 6 heteroatoms. The van der Waals surface area contributed by atoms with Gasteiger partial charge in [0, 0.05) is 46.5 Å². The van der Waals surface area contributed by atoms with Crippen LogP contribution in [0.5, 0.6) is 0 Å². The molecule has 4 aromatic rings. The second-order valence-electron chi connectivity index (χ2n) is 8.28. The summed E-state index contributed by atoms with van der Waals surface area (Å²) in [6.45, 7) is 0.418. The lowest BCUT2D eigenvalue weighted by atomic mass is 10.0. The van der Waals surface area contributed by atoms with Crippen molar-refractivity contribution in [1.82, 2.24) is 10.3 Å². The first kappa shape index (κ1) is 21.2. The van der Waals surface area contributed by atoms with Gasteiger partial charge in [-0.15, -0.1) is 0 Å². The minimum absolute atomic E-state index is 0.0159. The van der Waals surface area contributed by atoms with Gasteiger partial charge < -0.3 is 10.6 Å². The van der Waals surface area contributed by atoms with Crippen LogP contribution in [0.1, 0.15) is 33.8 Å². The lowest BCUT2D eigenvalue weighted by Gasteiger charge is -2.09. The van der Waals surface area contributed by atoms with Gasteiger partial charge in [-0.05, 0) is 65.3 Å². The third-order valence-electron chi connectivity index (χ3n) is 5.98. The van der Waals surface area contributed by atoms with Gasteiger partial charge in [0.2, 0.25) is 5.91 Å². The number of halogens is 1. The summed E-state index contributed by atoms with van der Waals surface area (Å²) in [5.74, 6) is -0.158. The van der Waals surface area contributed by atoms with E-state index >= 15 is 0 Å². The fraction of sp³-hybridized carbons (Fsp3) is 0.148. The molecule has 33 heavy (non-hydrogen) atoms. The highest BCUT2D eigenvalue weighted by Crippen LogP contribution is 2.48. The third kappa shape index (κ3) is 4.73. The van der Waals surface area contributed by atoms with Crippen LogP contribution in [0.25, 0.3) is 10.8 Å². The molecule has 0 bridgehead atoms. The Kier molecular flexibility index (Phi) is 5.80. The summed E-state index contributed by atoms with van der Waals surface area (Å²) in [6, 6.07) is 22.8. The van der Waals surface area contributed by atoms with E-state index in [1.165, 1.54) is 0 Å². The van der Waals surface area contributed by atoms with Crippen LogP contribution in [0.4, 0.5) is 5.69 Å². The molecule has 1 aromatic heterocycles. The number of pyridine rings is 1. The highest BCUT2D eigenvalue weighted by molar-refractivity contribution is 6.35. The lowest BCUT2D eigenvalue weighted by Crippen LogP contribution is -2.23. The van der Waals surface area contributed by atoms with E-state index in [1.807, 2.05) is 66.7 Å². The number of carbonyl (C=O) groups is 2. The highest BCUT2D eigenvalue weighted by atomic mass is 35.5. The van der Waals surface area contributed by atoms with Gasteiger partial charge >= 0.3 is 0 Å². The maximum Gasteiger partial charge on any atom is 0.251 e. The first-order valence-electron chi connectivity index (χ1n) is 10.8. The van der Waals surface area contributed by atoms with E-state index in [4.69, 9.17) is 11.6 Å². The first-order valence-corrected chi connectivity index (χ1v) is 11.2. The van der Waals surface area contributed by atoms with Crippen LogP contribution in [0.15, 0.2) is 85.2 Å². The Labute approximate surface area is 196 Å². The minimum Gasteiger partial charge on any atom is -0.348 e. The molecule has 0 saturated heterocycles. The summed E-state index contributed by atoms with van der Waals surface area (Å²) in [5.41, 5.74) is 3.27. The highest BCUT2D eigenvalue weighted by Gasteiger charge is 2.44. The van der Waals surface area contributed by atoms with Crippen molar-refractivity contribution in [3.8, 4) is 0 Å². The molecule has 0 aliphatic heterocycles. The number of amides is 2. The van der Waals surface area contributed by atoms with Crippen LogP contribution in [-0.2, 0) is 11.3 Å². The summed E-state index contributed by atoms with van der Waals surface area (Å²) in [6.07, 6.45) is 4.20. The average molecular weight is 456 g/mol. The predicted octanol–water partition coefficient (Wildman–Crippen LogP) is 5.56. The first-order chi connectivity index (χ1) is 16.1. The Bertz CT molecular complexity index is 1340. The van der Waals surface area contributed by atoms with Gasteiger partial charge in [0.25, 0.3) is 5.91 Å². The summed E-state index contributed by atoms with van der Waals surface area (Å²) in [7, 11) is 0. The number of benzene rings is 3. The van der Waals surface area contributed by atoms with Crippen LogP contribution in [-0.4, -0.2) is 16.8 Å². The van der Waals surface area contributed by atoms with E-state index in [0.717, 1.165) is 34.0 Å². The number of nitrogens with zero attached hydrogens (tertiary/aromatic N) is 1. The van der Waals surface area contributed by atoms with Crippen molar-refractivity contribution in [2.75, 3.05) is 5.32 Å². The zero-order chi connectivity index (χ0) is 22.8. The quantitative estimate of drug-likeness (QED) is 0.400. The van der Waals surface area contributed by atoms with Crippen molar-refractivity contribution in [1.29, 1.82) is 0 Å². The van der Waals surface area contributed by atoms with Crippen molar-refractivity contribution < 1.29 is 9.59 Å². The summed E-state index contributed by atoms with van der Waals surface area (Å²) in [5, 5.41) is 8.54. The van der Waals surface area contributed by atoms with Crippen LogP contribution >= 0.6 is 11.6 Å². The SMILES string of the molecule is O=C(NCc1cccnc1)c1cccc([C@@H]2C[C@H]2C(=O)Nc2ccc3cccc(Cl)c3c2)c1. The molecule has 5 rings (SSSR count). The number of hydrogen-bond donors (Lipinski definition) is 2. The molecule has 2 amide bonds. The van der Waals surface area contributed by atoms with Crippen molar-refractivity contribution in [3.05, 3.63) is 107 Å². The Morgan fingerprint density at radius 2 is 1.88 bits per heavy atom. The molecular weight excluding hydrogens is 434 g/mol. The predicted molar refractivity (Wildman–Crippen MR) is 130 cm³/mol. The molecule has 0 radical (unpaired) electrons. The Balaban J connectivity index is 1.22. The van der Waals surface area contributed by atoms with Gasteiger partial charge in [0.05, 0.1) is 0 Å². The number of hydrogen-bond acceptors (Lipinski definition) is 3. The molecule has 1 saturated carbocycles. The molecule has 1 fully saturated rings. The molecule has 164 valence electrons. The molecule has 0 spiro atoms. The van der Waals surface area contributed by atoms with Crippen LogP contribution < -0.4 is 10.6 Å². The van der Waals surface area contributed by atoms with Crippen molar-refractivity contribution in [3.63, 3.8) is 0 Å². The van der Waals surface area contributed by atoms with E-state index in [0.29, 0.717) is 17.1 Å². The molecule has 0 unspecified atom stereocenters. The molecule has 2 N–H and O–H groups in total. The number of rotatable bonds is 6. The second kappa shape index (κ2) is 9.04. The number of carbonyl (C=O) groups excluding carboxylic acids is 2. The molecule has 1 aliphatic carbocycles. The van der Waals surface area contributed by atoms with E-state index in [9.17, 15) is 9.59 Å². The van der Waals surface area contributed by atoms with Gasteiger partial charge in [-0.3, -0.25) is 14.6 Å². The summed E-state index contributed by atoms with van der Waals surface area (Å²) in [4.78, 5) is 29.5. The molecular formula is C27H22ClN3O2. The summed E-state index contributed by atoms with van der Waals surface area (Å²) < 4.78 is 0. The van der Waals surface area contributed by atoms with Gasteiger partial charge in [0.15, 0.2) is 0 Å². The largest absolute Gasteiger partial charge is 0.348 e. The number of fused-ring (bicyclic) bond motifs is 1. The fourth-order valence-electron chi connectivity index (χ4n) is 4.10. The van der Waals surface area contributed by atoms with Gasteiger partial charge in [-0.25, -0.2) is 0 Å². The van der Waals surface area contributed by atoms with E-state index < -0.39 is 0 Å².